The molecule has 0 unspecified atom stereocenters. The standard InChI is InChI=1S/C10H9N3O2/c1-6-2-3-13-8(4-6)12-5-7(9(11)14)10(13)15/h2-5H,1H3,(H2,11,14). The summed E-state index contributed by atoms with van der Waals surface area (Å²) in [6, 6.07) is 3.52. The van der Waals surface area contributed by atoms with Crippen LogP contribution < -0.4 is 11.3 Å². The summed E-state index contributed by atoms with van der Waals surface area (Å²) in [7, 11) is 0. The number of amides is 1. The second-order valence-corrected chi connectivity index (χ2v) is 3.27. The molecule has 2 N–H and O–H groups in total. The highest BCUT2D eigenvalue weighted by atomic mass is 16.2. The Balaban J connectivity index is 2.86. The summed E-state index contributed by atoms with van der Waals surface area (Å²) in [6.07, 6.45) is 2.78. The van der Waals surface area contributed by atoms with E-state index in [-0.39, 0.29) is 5.56 Å². The Morgan fingerprint density at radius 1 is 1.53 bits per heavy atom. The Bertz CT molecular complexity index is 601. The van der Waals surface area contributed by atoms with Crippen molar-refractivity contribution in [1.29, 1.82) is 0 Å². The number of nitrogens with zero attached hydrogens (tertiary/aromatic N) is 2. The van der Waals surface area contributed by atoms with Crippen LogP contribution in [-0.2, 0) is 0 Å². The first-order valence-corrected chi connectivity index (χ1v) is 4.37. The zero-order chi connectivity index (χ0) is 11.0. The van der Waals surface area contributed by atoms with Gasteiger partial charge in [-0.1, -0.05) is 0 Å². The van der Waals surface area contributed by atoms with Crippen LogP contribution in [0.2, 0.25) is 0 Å². The minimum absolute atomic E-state index is 0.101. The molecule has 0 aliphatic carbocycles. The van der Waals surface area contributed by atoms with Gasteiger partial charge in [0.15, 0.2) is 0 Å². The molecule has 0 bridgehead atoms. The van der Waals surface area contributed by atoms with Crippen LogP contribution in [0.5, 0.6) is 0 Å². The van der Waals surface area contributed by atoms with Gasteiger partial charge >= 0.3 is 0 Å². The fourth-order valence-electron chi connectivity index (χ4n) is 1.35. The number of hydrogen-bond donors (Lipinski definition) is 1. The first-order chi connectivity index (χ1) is 7.09. The molecule has 0 aliphatic heterocycles. The number of pyridine rings is 1. The molecular weight excluding hydrogens is 194 g/mol. The zero-order valence-corrected chi connectivity index (χ0v) is 8.10. The van der Waals surface area contributed by atoms with Gasteiger partial charge in [0.2, 0.25) is 0 Å². The van der Waals surface area contributed by atoms with Gasteiger partial charge in [0.05, 0.1) is 0 Å². The van der Waals surface area contributed by atoms with Gasteiger partial charge in [-0.25, -0.2) is 4.98 Å². The number of carbonyl (C=O) groups is 1. The molecule has 0 aromatic carbocycles. The van der Waals surface area contributed by atoms with Crippen molar-refractivity contribution in [3.05, 3.63) is 46.0 Å². The van der Waals surface area contributed by atoms with Crippen LogP contribution in [-0.4, -0.2) is 15.3 Å². The number of nitrogens with two attached hydrogens (primary N) is 1. The molecule has 0 fully saturated rings. The third kappa shape index (κ3) is 1.48. The maximum absolute atomic E-state index is 11.7. The second kappa shape index (κ2) is 3.20. The van der Waals surface area contributed by atoms with E-state index in [0.717, 1.165) is 5.56 Å². The number of hydrogen-bond acceptors (Lipinski definition) is 3. The van der Waals surface area contributed by atoms with Crippen molar-refractivity contribution in [2.75, 3.05) is 0 Å². The second-order valence-electron chi connectivity index (χ2n) is 3.27. The number of aromatic nitrogens is 2. The van der Waals surface area contributed by atoms with Crippen molar-refractivity contribution < 1.29 is 4.79 Å². The molecule has 2 aromatic rings. The van der Waals surface area contributed by atoms with Crippen LogP contribution in [0.15, 0.2) is 29.3 Å². The Labute approximate surface area is 85.2 Å². The van der Waals surface area contributed by atoms with Crippen LogP contribution in [0.25, 0.3) is 5.65 Å². The largest absolute Gasteiger partial charge is 0.365 e. The Morgan fingerprint density at radius 2 is 2.27 bits per heavy atom. The van der Waals surface area contributed by atoms with Crippen LogP contribution in [0.4, 0.5) is 0 Å². The number of primary amides is 1. The van der Waals surface area contributed by atoms with Crippen molar-refractivity contribution >= 4 is 11.6 Å². The van der Waals surface area contributed by atoms with E-state index in [4.69, 9.17) is 5.73 Å². The maximum atomic E-state index is 11.7. The maximum Gasteiger partial charge on any atom is 0.270 e. The SMILES string of the molecule is Cc1ccn2c(=O)c(C(N)=O)cnc2c1. The van der Waals surface area contributed by atoms with Gasteiger partial charge in [-0.3, -0.25) is 14.0 Å². The van der Waals surface area contributed by atoms with E-state index in [9.17, 15) is 9.59 Å². The lowest BCUT2D eigenvalue weighted by atomic mass is 10.2. The summed E-state index contributed by atoms with van der Waals surface area (Å²) >= 11 is 0. The number of rotatable bonds is 1. The van der Waals surface area contributed by atoms with Crippen molar-refractivity contribution in [3.8, 4) is 0 Å². The molecule has 0 spiro atoms. The first kappa shape index (κ1) is 9.39. The summed E-state index contributed by atoms with van der Waals surface area (Å²) < 4.78 is 1.30. The van der Waals surface area contributed by atoms with Crippen LogP contribution in [0.3, 0.4) is 0 Å². The Hall–Kier alpha value is -2.17. The fraction of sp³-hybridized carbons (Fsp3) is 0.100. The molecule has 5 heteroatoms. The molecule has 5 nitrogen and oxygen atoms in total. The average Bonchev–Trinajstić information content (AvgIpc) is 2.17. The topological polar surface area (TPSA) is 77.5 Å². The molecule has 15 heavy (non-hydrogen) atoms. The summed E-state index contributed by atoms with van der Waals surface area (Å²) in [5.41, 5.74) is 6.00. The van der Waals surface area contributed by atoms with Gasteiger partial charge in [-0.05, 0) is 24.6 Å². The number of fused-ring (bicyclic) bond motifs is 1. The van der Waals surface area contributed by atoms with E-state index in [1.54, 1.807) is 18.3 Å². The lowest BCUT2D eigenvalue weighted by Gasteiger charge is -2.01. The minimum Gasteiger partial charge on any atom is -0.365 e. The first-order valence-electron chi connectivity index (χ1n) is 4.37. The lowest BCUT2D eigenvalue weighted by Crippen LogP contribution is -2.26. The van der Waals surface area contributed by atoms with Crippen molar-refractivity contribution in [1.82, 2.24) is 9.38 Å². The van der Waals surface area contributed by atoms with E-state index in [1.165, 1.54) is 10.6 Å². The molecule has 1 amide bonds. The van der Waals surface area contributed by atoms with Gasteiger partial charge in [0.25, 0.3) is 11.5 Å². The van der Waals surface area contributed by atoms with E-state index in [2.05, 4.69) is 4.98 Å². The smallest absolute Gasteiger partial charge is 0.270 e. The average molecular weight is 203 g/mol. The highest BCUT2D eigenvalue weighted by Gasteiger charge is 2.08. The minimum atomic E-state index is -0.762. The van der Waals surface area contributed by atoms with Gasteiger partial charge in [0.1, 0.15) is 11.2 Å². The molecule has 0 radical (unpaired) electrons. The Morgan fingerprint density at radius 3 is 2.93 bits per heavy atom. The third-order valence-corrected chi connectivity index (χ3v) is 2.13. The monoisotopic (exact) mass is 203 g/mol. The van der Waals surface area contributed by atoms with E-state index < -0.39 is 11.5 Å². The fourth-order valence-corrected chi connectivity index (χ4v) is 1.35. The molecule has 76 valence electrons. The van der Waals surface area contributed by atoms with Crippen molar-refractivity contribution in [2.45, 2.75) is 6.92 Å². The quantitative estimate of drug-likeness (QED) is 0.714. The van der Waals surface area contributed by atoms with Crippen LogP contribution >= 0.6 is 0 Å². The van der Waals surface area contributed by atoms with E-state index in [1.807, 2.05) is 6.92 Å². The van der Waals surface area contributed by atoms with Gasteiger partial charge < -0.3 is 5.73 Å². The van der Waals surface area contributed by atoms with E-state index >= 15 is 0 Å². The molecule has 0 saturated carbocycles. The van der Waals surface area contributed by atoms with Crippen molar-refractivity contribution in [3.63, 3.8) is 0 Å². The highest BCUT2D eigenvalue weighted by molar-refractivity contribution is 5.92. The molecule has 0 aliphatic rings. The third-order valence-electron chi connectivity index (χ3n) is 2.13. The van der Waals surface area contributed by atoms with E-state index in [0.29, 0.717) is 5.65 Å². The molecular formula is C10H9N3O2. The normalized spacial score (nSPS) is 10.5. The molecule has 2 heterocycles. The number of aryl methyl sites for hydroxylation is 1. The Kier molecular flexibility index (Phi) is 2.00. The van der Waals surface area contributed by atoms with Gasteiger partial charge in [-0.2, -0.15) is 0 Å². The molecule has 2 aromatic heterocycles. The predicted molar refractivity (Wildman–Crippen MR) is 54.7 cm³/mol. The summed E-state index contributed by atoms with van der Waals surface area (Å²) in [4.78, 5) is 26.6. The van der Waals surface area contributed by atoms with Crippen LogP contribution in [0.1, 0.15) is 15.9 Å². The van der Waals surface area contributed by atoms with Crippen molar-refractivity contribution in [2.24, 2.45) is 5.73 Å². The summed E-state index contributed by atoms with van der Waals surface area (Å²) in [6.45, 7) is 1.90. The summed E-state index contributed by atoms with van der Waals surface area (Å²) in [5.74, 6) is -0.762. The zero-order valence-electron chi connectivity index (χ0n) is 8.10. The summed E-state index contributed by atoms with van der Waals surface area (Å²) in [5, 5.41) is 0. The molecule has 2 rings (SSSR count). The predicted octanol–water partition coefficient (Wildman–Crippen LogP) is 0.102. The van der Waals surface area contributed by atoms with Crippen LogP contribution in [0, 0.1) is 6.92 Å². The van der Waals surface area contributed by atoms with Gasteiger partial charge in [-0.15, -0.1) is 0 Å². The molecule has 0 saturated heterocycles. The van der Waals surface area contributed by atoms with Gasteiger partial charge in [0, 0.05) is 12.4 Å². The number of carbonyl (C=O) groups excluding carboxylic acids is 1. The lowest BCUT2D eigenvalue weighted by molar-refractivity contribution is 0.0998. The molecule has 0 atom stereocenters. The highest BCUT2D eigenvalue weighted by Crippen LogP contribution is 2.01.